The summed E-state index contributed by atoms with van der Waals surface area (Å²) in [6.45, 7) is 1.79. The van der Waals surface area contributed by atoms with Gasteiger partial charge in [-0.2, -0.15) is 0 Å². The van der Waals surface area contributed by atoms with Crippen LogP contribution in [0, 0.1) is 17.7 Å². The SMILES string of the molecule is CC(O)c1nccn1C(C#Cc1ccc(-c2ccc(OC3COCC3O)c(F)c2)cc1)CO. The lowest BCUT2D eigenvalue weighted by atomic mass is 10.0. The minimum absolute atomic E-state index is 0.0712. The van der Waals surface area contributed by atoms with E-state index in [1.807, 2.05) is 24.3 Å². The summed E-state index contributed by atoms with van der Waals surface area (Å²) in [6.07, 6.45) is 1.10. The van der Waals surface area contributed by atoms with Gasteiger partial charge in [0.15, 0.2) is 17.7 Å². The number of aromatic nitrogens is 2. The second-order valence-electron chi connectivity index (χ2n) is 7.82. The zero-order valence-corrected chi connectivity index (χ0v) is 18.1. The van der Waals surface area contributed by atoms with Crippen molar-refractivity contribution in [2.45, 2.75) is 31.3 Å². The molecule has 0 spiro atoms. The lowest BCUT2D eigenvalue weighted by Crippen LogP contribution is -2.30. The van der Waals surface area contributed by atoms with E-state index in [9.17, 15) is 19.7 Å². The molecule has 0 radical (unpaired) electrons. The molecule has 4 rings (SSSR count). The average molecular weight is 452 g/mol. The van der Waals surface area contributed by atoms with Crippen LogP contribution < -0.4 is 4.74 Å². The highest BCUT2D eigenvalue weighted by atomic mass is 19.1. The fraction of sp³-hybridized carbons (Fsp3) is 0.320. The van der Waals surface area contributed by atoms with Gasteiger partial charge in [-0.05, 0) is 42.3 Å². The van der Waals surface area contributed by atoms with Gasteiger partial charge in [0.05, 0.1) is 19.8 Å². The fourth-order valence-corrected chi connectivity index (χ4v) is 3.60. The van der Waals surface area contributed by atoms with E-state index in [2.05, 4.69) is 16.8 Å². The van der Waals surface area contributed by atoms with Crippen molar-refractivity contribution in [2.24, 2.45) is 0 Å². The number of aliphatic hydroxyl groups excluding tert-OH is 3. The van der Waals surface area contributed by atoms with E-state index in [-0.39, 0.29) is 25.6 Å². The fourth-order valence-electron chi connectivity index (χ4n) is 3.60. The summed E-state index contributed by atoms with van der Waals surface area (Å²) < 4.78 is 26.9. The molecule has 4 atom stereocenters. The Morgan fingerprint density at radius 3 is 2.61 bits per heavy atom. The molecule has 1 aliphatic heterocycles. The molecule has 3 N–H and O–H groups in total. The molecule has 2 heterocycles. The quantitative estimate of drug-likeness (QED) is 0.498. The van der Waals surface area contributed by atoms with E-state index in [1.54, 1.807) is 36.0 Å². The molecule has 33 heavy (non-hydrogen) atoms. The zero-order valence-electron chi connectivity index (χ0n) is 18.1. The van der Waals surface area contributed by atoms with Crippen LogP contribution in [0.3, 0.4) is 0 Å². The Kier molecular flexibility index (Phi) is 7.06. The van der Waals surface area contributed by atoms with Crippen LogP contribution in [-0.4, -0.2) is 56.9 Å². The molecule has 4 unspecified atom stereocenters. The molecule has 8 heteroatoms. The van der Waals surface area contributed by atoms with Crippen molar-refractivity contribution in [3.05, 3.63) is 72.1 Å². The number of hydrogen-bond donors (Lipinski definition) is 3. The molecule has 0 amide bonds. The minimum atomic E-state index is -0.774. The molecule has 1 fully saturated rings. The second-order valence-corrected chi connectivity index (χ2v) is 7.82. The van der Waals surface area contributed by atoms with Crippen molar-refractivity contribution >= 4 is 0 Å². The van der Waals surface area contributed by atoms with Crippen LogP contribution in [0.5, 0.6) is 5.75 Å². The molecule has 1 saturated heterocycles. The third-order valence-corrected chi connectivity index (χ3v) is 5.39. The Morgan fingerprint density at radius 1 is 1.21 bits per heavy atom. The molecule has 0 bridgehead atoms. The van der Waals surface area contributed by atoms with E-state index in [0.717, 1.165) is 11.1 Å². The summed E-state index contributed by atoms with van der Waals surface area (Å²) >= 11 is 0. The number of rotatable bonds is 6. The molecule has 0 aliphatic carbocycles. The van der Waals surface area contributed by atoms with Crippen LogP contribution in [0.4, 0.5) is 4.39 Å². The summed E-state index contributed by atoms with van der Waals surface area (Å²) in [7, 11) is 0. The number of ether oxygens (including phenoxy) is 2. The number of nitrogens with zero attached hydrogens (tertiary/aromatic N) is 2. The third-order valence-electron chi connectivity index (χ3n) is 5.39. The number of benzene rings is 2. The van der Waals surface area contributed by atoms with Crippen molar-refractivity contribution in [3.63, 3.8) is 0 Å². The highest BCUT2D eigenvalue weighted by Crippen LogP contribution is 2.27. The van der Waals surface area contributed by atoms with E-state index in [0.29, 0.717) is 11.4 Å². The number of hydrogen-bond acceptors (Lipinski definition) is 6. The van der Waals surface area contributed by atoms with Crippen molar-refractivity contribution in [1.82, 2.24) is 9.55 Å². The van der Waals surface area contributed by atoms with Gasteiger partial charge in [0.1, 0.15) is 24.1 Å². The second kappa shape index (κ2) is 10.1. The van der Waals surface area contributed by atoms with Crippen LogP contribution in [0.2, 0.25) is 0 Å². The van der Waals surface area contributed by atoms with Gasteiger partial charge in [0.2, 0.25) is 0 Å². The van der Waals surface area contributed by atoms with Crippen LogP contribution in [-0.2, 0) is 4.74 Å². The van der Waals surface area contributed by atoms with Gasteiger partial charge in [-0.1, -0.05) is 30.0 Å². The molecule has 172 valence electrons. The highest BCUT2D eigenvalue weighted by molar-refractivity contribution is 5.65. The Labute approximate surface area is 191 Å². The first kappa shape index (κ1) is 23.0. The number of imidazole rings is 1. The molecular formula is C25H25FN2O5. The van der Waals surface area contributed by atoms with E-state index in [4.69, 9.17) is 9.47 Å². The summed E-state index contributed by atoms with van der Waals surface area (Å²) in [5.41, 5.74) is 2.21. The van der Waals surface area contributed by atoms with Gasteiger partial charge in [0.25, 0.3) is 0 Å². The lowest BCUT2D eigenvalue weighted by molar-refractivity contribution is 0.0708. The molecule has 1 aliphatic rings. The van der Waals surface area contributed by atoms with Crippen molar-refractivity contribution in [1.29, 1.82) is 0 Å². The molecular weight excluding hydrogens is 427 g/mol. The highest BCUT2D eigenvalue weighted by Gasteiger charge is 2.28. The van der Waals surface area contributed by atoms with Gasteiger partial charge in [0, 0.05) is 18.0 Å². The van der Waals surface area contributed by atoms with E-state index in [1.165, 1.54) is 6.07 Å². The van der Waals surface area contributed by atoms with E-state index >= 15 is 0 Å². The molecule has 3 aromatic rings. The van der Waals surface area contributed by atoms with Gasteiger partial charge in [-0.15, -0.1) is 0 Å². The first-order valence-corrected chi connectivity index (χ1v) is 10.6. The summed E-state index contributed by atoms with van der Waals surface area (Å²) in [6, 6.07) is 11.4. The Hall–Kier alpha value is -3.22. The summed E-state index contributed by atoms with van der Waals surface area (Å²) in [5, 5.41) is 29.3. The molecule has 0 saturated carbocycles. The van der Waals surface area contributed by atoms with E-state index < -0.39 is 30.2 Å². The van der Waals surface area contributed by atoms with Crippen LogP contribution in [0.15, 0.2) is 54.9 Å². The maximum absolute atomic E-state index is 14.5. The third kappa shape index (κ3) is 5.24. The topological polar surface area (TPSA) is 97.0 Å². The van der Waals surface area contributed by atoms with Crippen molar-refractivity contribution < 1.29 is 29.2 Å². The summed E-state index contributed by atoms with van der Waals surface area (Å²) in [5.74, 6) is 6.01. The van der Waals surface area contributed by atoms with Gasteiger partial charge in [-0.3, -0.25) is 0 Å². The largest absolute Gasteiger partial charge is 0.482 e. The molecule has 7 nitrogen and oxygen atoms in total. The van der Waals surface area contributed by atoms with Gasteiger partial charge in [-0.25, -0.2) is 9.37 Å². The smallest absolute Gasteiger partial charge is 0.165 e. The Morgan fingerprint density at radius 2 is 1.97 bits per heavy atom. The first-order valence-electron chi connectivity index (χ1n) is 10.6. The van der Waals surface area contributed by atoms with Crippen molar-refractivity contribution in [3.8, 4) is 28.7 Å². The van der Waals surface area contributed by atoms with Crippen LogP contribution >= 0.6 is 0 Å². The average Bonchev–Trinajstić information content (AvgIpc) is 3.46. The van der Waals surface area contributed by atoms with Gasteiger partial charge >= 0.3 is 0 Å². The standard InChI is InChI=1S/C25H25FN2O5/c1-16(30)25-27-10-11-28(25)20(13-29)8-4-17-2-5-18(6-3-17)19-7-9-23(21(26)12-19)33-24-15-32-14-22(24)31/h2-3,5-7,9-12,16,20,22,24,29-31H,13-15H2,1H3. The number of aliphatic hydroxyl groups is 3. The predicted octanol–water partition coefficient (Wildman–Crippen LogP) is 2.47. The van der Waals surface area contributed by atoms with Crippen LogP contribution in [0.1, 0.15) is 30.5 Å². The molecule has 2 aromatic carbocycles. The Bertz CT molecular complexity index is 1150. The first-order chi connectivity index (χ1) is 16.0. The minimum Gasteiger partial charge on any atom is -0.482 e. The Balaban J connectivity index is 1.47. The maximum Gasteiger partial charge on any atom is 0.165 e. The van der Waals surface area contributed by atoms with Gasteiger partial charge < -0.3 is 29.4 Å². The van der Waals surface area contributed by atoms with Crippen molar-refractivity contribution in [2.75, 3.05) is 19.8 Å². The lowest BCUT2D eigenvalue weighted by Gasteiger charge is -2.16. The summed E-state index contributed by atoms with van der Waals surface area (Å²) in [4.78, 5) is 4.11. The maximum atomic E-state index is 14.5. The monoisotopic (exact) mass is 452 g/mol. The number of halogens is 1. The normalized spacial score (nSPS) is 19.5. The predicted molar refractivity (Wildman–Crippen MR) is 119 cm³/mol. The zero-order chi connectivity index (χ0) is 23.4. The molecule has 1 aromatic heterocycles. The van der Waals surface area contributed by atoms with Crippen LogP contribution in [0.25, 0.3) is 11.1 Å².